The van der Waals surface area contributed by atoms with Crippen LogP contribution in [0.1, 0.15) is 79.1 Å². The molecule has 12 heteroatoms. The number of benzene rings is 1. The number of hydrogen-bond donors (Lipinski definition) is 2. The molecule has 4 aliphatic rings. The summed E-state index contributed by atoms with van der Waals surface area (Å²) in [6, 6.07) is 5.09. The number of hydrogen-bond acceptors (Lipinski definition) is 6. The summed E-state index contributed by atoms with van der Waals surface area (Å²) in [4.78, 5) is 12.7. The Morgan fingerprint density at radius 3 is 2.29 bits per heavy atom. The molecule has 1 aromatic heterocycles. The van der Waals surface area contributed by atoms with Crippen LogP contribution in [0.4, 0.5) is 8.78 Å². The van der Waals surface area contributed by atoms with Gasteiger partial charge >= 0.3 is 0 Å². The second kappa shape index (κ2) is 10.3. The van der Waals surface area contributed by atoms with Crippen LogP contribution in [0.15, 0.2) is 28.8 Å². The Morgan fingerprint density at radius 1 is 1.00 bits per heavy atom. The highest BCUT2D eigenvalue weighted by molar-refractivity contribution is 7.86. The van der Waals surface area contributed by atoms with Gasteiger partial charge in [-0.25, -0.2) is 8.78 Å². The Balaban J connectivity index is 1.02. The molecule has 4 fully saturated rings. The molecule has 2 bridgehead atoms. The van der Waals surface area contributed by atoms with Crippen LogP contribution in [-0.2, 0) is 16.8 Å². The first-order valence-electron chi connectivity index (χ1n) is 13.5. The average molecular weight is 550 g/mol. The number of carbonyl (C=O) groups excluding carboxylic acids is 1. The minimum absolute atomic E-state index is 0.000920. The molecule has 3 saturated heterocycles. The van der Waals surface area contributed by atoms with E-state index in [1.807, 2.05) is 0 Å². The minimum Gasteiger partial charge on any atom is -0.360 e. The molecule has 9 nitrogen and oxygen atoms in total. The third-order valence-electron chi connectivity index (χ3n) is 8.42. The van der Waals surface area contributed by atoms with Crippen molar-refractivity contribution in [2.24, 2.45) is 0 Å². The highest BCUT2D eigenvalue weighted by Crippen LogP contribution is 2.41. The van der Waals surface area contributed by atoms with Crippen LogP contribution in [0.5, 0.6) is 0 Å². The number of rotatable bonds is 8. The predicted molar refractivity (Wildman–Crippen MR) is 134 cm³/mol. The molecule has 1 amide bonds. The first-order chi connectivity index (χ1) is 18.3. The van der Waals surface area contributed by atoms with E-state index in [1.54, 1.807) is 10.4 Å². The van der Waals surface area contributed by atoms with Crippen molar-refractivity contribution in [2.45, 2.75) is 88.0 Å². The molecule has 3 aliphatic heterocycles. The summed E-state index contributed by atoms with van der Waals surface area (Å²) in [7, 11) is -3.65. The molecule has 0 spiro atoms. The van der Waals surface area contributed by atoms with Gasteiger partial charge in [0.2, 0.25) is 0 Å². The van der Waals surface area contributed by atoms with Crippen LogP contribution < -0.4 is 10.6 Å². The number of amides is 1. The van der Waals surface area contributed by atoms with E-state index in [2.05, 4.69) is 15.8 Å². The van der Waals surface area contributed by atoms with Gasteiger partial charge in [-0.1, -0.05) is 11.2 Å². The molecule has 0 radical (unpaired) electrons. The van der Waals surface area contributed by atoms with Gasteiger partial charge in [0.05, 0.1) is 0 Å². The van der Waals surface area contributed by atoms with Gasteiger partial charge in [-0.05, 0) is 63.5 Å². The number of nitrogens with one attached hydrogen (secondary N) is 2. The minimum atomic E-state index is -3.65. The number of piperidine rings is 2. The zero-order valence-electron chi connectivity index (χ0n) is 21.1. The largest absolute Gasteiger partial charge is 0.360 e. The van der Waals surface area contributed by atoms with E-state index in [0.717, 1.165) is 31.4 Å². The second-order valence-electron chi connectivity index (χ2n) is 11.0. The van der Waals surface area contributed by atoms with Crippen LogP contribution in [0, 0.1) is 11.6 Å². The van der Waals surface area contributed by atoms with Gasteiger partial charge in [0.25, 0.3) is 16.1 Å². The van der Waals surface area contributed by atoms with Gasteiger partial charge in [-0.3, -0.25) is 4.79 Å². The maximum absolute atomic E-state index is 13.9. The van der Waals surface area contributed by atoms with Crippen molar-refractivity contribution in [1.82, 2.24) is 24.4 Å². The van der Waals surface area contributed by atoms with Crippen molar-refractivity contribution in [3.63, 3.8) is 0 Å². The topological polar surface area (TPSA) is 108 Å². The molecule has 2 N–H and O–H groups in total. The van der Waals surface area contributed by atoms with Crippen LogP contribution in [-0.4, -0.2) is 65.3 Å². The van der Waals surface area contributed by atoms with Gasteiger partial charge in [-0.2, -0.15) is 17.0 Å². The van der Waals surface area contributed by atoms with Crippen molar-refractivity contribution in [3.8, 4) is 0 Å². The van der Waals surface area contributed by atoms with Crippen molar-refractivity contribution in [3.05, 3.63) is 52.9 Å². The van der Waals surface area contributed by atoms with Gasteiger partial charge in [-0.15, -0.1) is 0 Å². The number of aromatic nitrogens is 1. The first-order valence-corrected chi connectivity index (χ1v) is 14.9. The third kappa shape index (κ3) is 5.11. The molecule has 1 aromatic carbocycles. The molecule has 2 aromatic rings. The maximum atomic E-state index is 13.9. The lowest BCUT2D eigenvalue weighted by molar-refractivity contribution is 0.0897. The lowest BCUT2D eigenvalue weighted by Crippen LogP contribution is -2.57. The highest BCUT2D eigenvalue weighted by Gasteiger charge is 2.49. The van der Waals surface area contributed by atoms with E-state index < -0.39 is 21.8 Å². The van der Waals surface area contributed by atoms with Crippen molar-refractivity contribution in [2.75, 3.05) is 13.1 Å². The average Bonchev–Trinajstić information content (AvgIpc) is 3.55. The molecule has 6 rings (SSSR count). The molecule has 1 aliphatic carbocycles. The summed E-state index contributed by atoms with van der Waals surface area (Å²) in [5.74, 6) is -0.307. The second-order valence-corrected chi connectivity index (χ2v) is 12.8. The van der Waals surface area contributed by atoms with Crippen LogP contribution in [0.2, 0.25) is 0 Å². The van der Waals surface area contributed by atoms with Gasteiger partial charge in [0, 0.05) is 61.3 Å². The SMILES string of the molecule is O=C(N[C@H]1C[C@H]2CC[C@@H](C1)N2S(=O)(=O)N1CCC(NCc2c(F)cccc2F)CC1)c1cc(C2CC2)on1. The summed E-state index contributed by atoms with van der Waals surface area (Å²) in [6.45, 7) is 0.770. The molecule has 1 saturated carbocycles. The van der Waals surface area contributed by atoms with Crippen LogP contribution in [0.25, 0.3) is 0 Å². The van der Waals surface area contributed by atoms with Crippen LogP contribution >= 0.6 is 0 Å². The van der Waals surface area contributed by atoms with Gasteiger partial charge in [0.1, 0.15) is 17.4 Å². The molecule has 3 atom stereocenters. The zero-order valence-corrected chi connectivity index (χ0v) is 21.9. The fourth-order valence-electron chi connectivity index (χ4n) is 6.22. The Bertz CT molecular complexity index is 1260. The van der Waals surface area contributed by atoms with Crippen LogP contribution in [0.3, 0.4) is 0 Å². The van der Waals surface area contributed by atoms with E-state index >= 15 is 0 Å². The quantitative estimate of drug-likeness (QED) is 0.524. The van der Waals surface area contributed by atoms with Gasteiger partial charge < -0.3 is 15.2 Å². The standard InChI is InChI=1S/C26H33F2N5O4S/c27-22-2-1-3-23(28)21(22)15-29-17-8-10-32(11-9-17)38(35,36)33-19-6-7-20(33)13-18(12-19)30-26(34)24-14-25(37-31-24)16-4-5-16/h1-3,14,16-20,29H,4-13,15H2,(H,30,34)/t18-,19+,20-. The molecular formula is C26H33F2N5O4S. The molecule has 206 valence electrons. The van der Waals surface area contributed by atoms with Gasteiger partial charge in [0.15, 0.2) is 5.69 Å². The Morgan fingerprint density at radius 2 is 1.66 bits per heavy atom. The summed E-state index contributed by atoms with van der Waals surface area (Å²) in [5.41, 5.74) is 0.282. The van der Waals surface area contributed by atoms with Crippen molar-refractivity contribution < 1.29 is 26.5 Å². The normalized spacial score (nSPS) is 27.1. The number of halogens is 2. The number of fused-ring (bicyclic) bond motifs is 2. The van der Waals surface area contributed by atoms with Crippen molar-refractivity contribution in [1.29, 1.82) is 0 Å². The highest BCUT2D eigenvalue weighted by atomic mass is 32.2. The Labute approximate surface area is 221 Å². The summed E-state index contributed by atoms with van der Waals surface area (Å²) < 4.78 is 63.6. The van der Waals surface area contributed by atoms with E-state index in [1.165, 1.54) is 22.5 Å². The fourth-order valence-corrected chi connectivity index (χ4v) is 8.29. The van der Waals surface area contributed by atoms with E-state index in [0.29, 0.717) is 44.7 Å². The molecule has 38 heavy (non-hydrogen) atoms. The third-order valence-corrected chi connectivity index (χ3v) is 10.6. The number of carbonyl (C=O) groups is 1. The van der Waals surface area contributed by atoms with E-state index in [9.17, 15) is 22.0 Å². The lowest BCUT2D eigenvalue weighted by atomic mass is 9.99. The summed E-state index contributed by atoms with van der Waals surface area (Å²) >= 11 is 0. The molecular weight excluding hydrogens is 516 g/mol. The maximum Gasteiger partial charge on any atom is 0.282 e. The monoisotopic (exact) mass is 549 g/mol. The summed E-state index contributed by atoms with van der Waals surface area (Å²) in [5, 5.41) is 10.1. The number of nitrogens with zero attached hydrogens (tertiary/aromatic N) is 3. The predicted octanol–water partition coefficient (Wildman–Crippen LogP) is 3.05. The lowest BCUT2D eigenvalue weighted by Gasteiger charge is -2.42. The van der Waals surface area contributed by atoms with E-state index in [-0.39, 0.29) is 47.9 Å². The first kappa shape index (κ1) is 25.8. The summed E-state index contributed by atoms with van der Waals surface area (Å²) in [6.07, 6.45) is 5.96. The molecule has 0 unspecified atom stereocenters. The van der Waals surface area contributed by atoms with Crippen molar-refractivity contribution >= 4 is 16.1 Å². The Hall–Kier alpha value is -2.41. The zero-order chi connectivity index (χ0) is 26.4. The fraction of sp³-hybridized carbons (Fsp3) is 0.615. The Kier molecular flexibility index (Phi) is 7.00. The molecule has 4 heterocycles. The van der Waals surface area contributed by atoms with E-state index in [4.69, 9.17) is 4.52 Å². The smallest absolute Gasteiger partial charge is 0.282 e.